The third kappa shape index (κ3) is 4.62. The van der Waals surface area contributed by atoms with Crippen LogP contribution in [-0.4, -0.2) is 51.7 Å². The predicted molar refractivity (Wildman–Crippen MR) is 78.7 cm³/mol. The molecule has 6 heteroatoms. The number of nitrogens with one attached hydrogen (secondary N) is 1. The zero-order valence-electron chi connectivity index (χ0n) is 11.9. The van der Waals surface area contributed by atoms with E-state index in [0.717, 1.165) is 0 Å². The molecule has 20 heavy (non-hydrogen) atoms. The molecule has 1 aromatic rings. The van der Waals surface area contributed by atoms with E-state index in [1.54, 1.807) is 18.2 Å². The Kier molecular flexibility index (Phi) is 6.17. The largest absolute Gasteiger partial charge is 0.384 e. The van der Waals surface area contributed by atoms with Gasteiger partial charge in [0.1, 0.15) is 6.61 Å². The number of rotatable bonds is 5. The van der Waals surface area contributed by atoms with Crippen LogP contribution in [0.4, 0.5) is 0 Å². The highest BCUT2D eigenvalue weighted by atomic mass is 32.2. The van der Waals surface area contributed by atoms with Crippen molar-refractivity contribution in [2.45, 2.75) is 17.9 Å². The maximum atomic E-state index is 12.3. The lowest BCUT2D eigenvalue weighted by Crippen LogP contribution is -2.38. The van der Waals surface area contributed by atoms with E-state index in [4.69, 9.17) is 5.11 Å². The van der Waals surface area contributed by atoms with E-state index in [-0.39, 0.29) is 17.5 Å². The highest BCUT2D eigenvalue weighted by molar-refractivity contribution is 7.89. The lowest BCUT2D eigenvalue weighted by molar-refractivity contribution is 0.314. The summed E-state index contributed by atoms with van der Waals surface area (Å²) in [6.45, 7) is 1.94. The second kappa shape index (κ2) is 7.41. The molecule has 0 amide bonds. The van der Waals surface area contributed by atoms with Gasteiger partial charge >= 0.3 is 0 Å². The summed E-state index contributed by atoms with van der Waals surface area (Å²) in [5, 5.41) is 8.71. The average molecular weight is 296 g/mol. The Morgan fingerprint density at radius 3 is 2.60 bits per heavy atom. The third-order valence-corrected chi connectivity index (χ3v) is 4.41. The van der Waals surface area contributed by atoms with E-state index in [2.05, 4.69) is 16.6 Å². The summed E-state index contributed by atoms with van der Waals surface area (Å²) in [6.07, 6.45) is 0. The molecule has 0 aliphatic rings. The van der Waals surface area contributed by atoms with Crippen molar-refractivity contribution in [3.63, 3.8) is 0 Å². The molecular formula is C14H20N2O3S. The van der Waals surface area contributed by atoms with Crippen molar-refractivity contribution in [3.8, 4) is 11.8 Å². The fourth-order valence-electron chi connectivity index (χ4n) is 1.43. The second-order valence-electron chi connectivity index (χ2n) is 4.62. The zero-order valence-corrected chi connectivity index (χ0v) is 12.7. The minimum atomic E-state index is -3.61. The number of benzene rings is 1. The van der Waals surface area contributed by atoms with E-state index in [9.17, 15) is 8.42 Å². The molecule has 0 radical (unpaired) electrons. The molecule has 5 nitrogen and oxygen atoms in total. The first kappa shape index (κ1) is 16.7. The first-order chi connectivity index (χ1) is 9.38. The SMILES string of the molecule is CC(CNS(=O)(=O)c1ccccc1C#CCO)N(C)C. The number of hydrogen-bond donors (Lipinski definition) is 2. The van der Waals surface area contributed by atoms with Crippen LogP contribution in [-0.2, 0) is 10.0 Å². The summed E-state index contributed by atoms with van der Waals surface area (Å²) < 4.78 is 27.1. The van der Waals surface area contributed by atoms with Gasteiger partial charge in [0.05, 0.1) is 4.90 Å². The van der Waals surface area contributed by atoms with Crippen molar-refractivity contribution >= 4 is 10.0 Å². The molecular weight excluding hydrogens is 276 g/mol. The first-order valence-electron chi connectivity index (χ1n) is 6.23. The molecule has 1 atom stereocenters. The van der Waals surface area contributed by atoms with Crippen LogP contribution in [0.2, 0.25) is 0 Å². The van der Waals surface area contributed by atoms with Gasteiger partial charge in [0.2, 0.25) is 10.0 Å². The maximum absolute atomic E-state index is 12.3. The minimum Gasteiger partial charge on any atom is -0.384 e. The molecule has 0 spiro atoms. The highest BCUT2D eigenvalue weighted by Gasteiger charge is 2.18. The molecule has 110 valence electrons. The average Bonchev–Trinajstić information content (AvgIpc) is 2.42. The van der Waals surface area contributed by atoms with Gasteiger partial charge in [0.15, 0.2) is 0 Å². The van der Waals surface area contributed by atoms with Gasteiger partial charge in [0.25, 0.3) is 0 Å². The molecule has 1 aromatic carbocycles. The molecule has 1 unspecified atom stereocenters. The Morgan fingerprint density at radius 2 is 2.00 bits per heavy atom. The van der Waals surface area contributed by atoms with Crippen LogP contribution in [0.15, 0.2) is 29.2 Å². The van der Waals surface area contributed by atoms with Gasteiger partial charge in [-0.25, -0.2) is 13.1 Å². The molecule has 0 saturated heterocycles. The van der Waals surface area contributed by atoms with Crippen LogP contribution in [0.3, 0.4) is 0 Å². The number of nitrogens with zero attached hydrogens (tertiary/aromatic N) is 1. The van der Waals surface area contributed by atoms with E-state index < -0.39 is 10.0 Å². The van der Waals surface area contributed by atoms with Crippen LogP contribution in [0.5, 0.6) is 0 Å². The molecule has 0 aliphatic carbocycles. The van der Waals surface area contributed by atoms with Crippen molar-refractivity contribution < 1.29 is 13.5 Å². The summed E-state index contributed by atoms with van der Waals surface area (Å²) >= 11 is 0. The zero-order chi connectivity index (χ0) is 15.2. The minimum absolute atomic E-state index is 0.0838. The normalized spacial score (nSPS) is 12.8. The number of aliphatic hydroxyl groups is 1. The van der Waals surface area contributed by atoms with Gasteiger partial charge < -0.3 is 10.0 Å². The molecule has 1 rings (SSSR count). The van der Waals surface area contributed by atoms with Crippen LogP contribution < -0.4 is 4.72 Å². The molecule has 2 N–H and O–H groups in total. The fraction of sp³-hybridized carbons (Fsp3) is 0.429. The van der Waals surface area contributed by atoms with Crippen molar-refractivity contribution in [2.24, 2.45) is 0 Å². The third-order valence-electron chi connectivity index (χ3n) is 2.93. The lowest BCUT2D eigenvalue weighted by Gasteiger charge is -2.20. The van der Waals surface area contributed by atoms with E-state index >= 15 is 0 Å². The Labute approximate surface area is 120 Å². The number of sulfonamides is 1. The Bertz CT molecular complexity index is 600. The van der Waals surface area contributed by atoms with Crippen LogP contribution in [0, 0.1) is 11.8 Å². The molecule has 0 fully saturated rings. The monoisotopic (exact) mass is 296 g/mol. The highest BCUT2D eigenvalue weighted by Crippen LogP contribution is 2.14. The topological polar surface area (TPSA) is 69.6 Å². The maximum Gasteiger partial charge on any atom is 0.241 e. The van der Waals surface area contributed by atoms with Crippen LogP contribution in [0.1, 0.15) is 12.5 Å². The van der Waals surface area contributed by atoms with Crippen molar-refractivity contribution in [2.75, 3.05) is 27.2 Å². The van der Waals surface area contributed by atoms with Crippen molar-refractivity contribution in [3.05, 3.63) is 29.8 Å². The predicted octanol–water partition coefficient (Wildman–Crippen LogP) is 0.259. The summed E-state index contributed by atoms with van der Waals surface area (Å²) in [5.41, 5.74) is 0.381. The molecule has 0 aromatic heterocycles. The quantitative estimate of drug-likeness (QED) is 0.765. The summed E-state index contributed by atoms with van der Waals surface area (Å²) in [5.74, 6) is 5.12. The fourth-order valence-corrected chi connectivity index (χ4v) is 2.71. The van der Waals surface area contributed by atoms with Gasteiger partial charge in [-0.15, -0.1) is 0 Å². The number of likely N-dealkylation sites (N-methyl/N-ethyl adjacent to an activating group) is 1. The van der Waals surface area contributed by atoms with E-state index in [1.165, 1.54) is 6.07 Å². The van der Waals surface area contributed by atoms with Crippen LogP contribution >= 0.6 is 0 Å². The summed E-state index contributed by atoms with van der Waals surface area (Å²) in [6, 6.07) is 6.56. The Balaban J connectivity index is 2.98. The first-order valence-corrected chi connectivity index (χ1v) is 7.71. The van der Waals surface area contributed by atoms with Gasteiger partial charge in [-0.3, -0.25) is 0 Å². The molecule has 0 heterocycles. The van der Waals surface area contributed by atoms with Crippen LogP contribution in [0.25, 0.3) is 0 Å². The molecule has 0 bridgehead atoms. The van der Waals surface area contributed by atoms with Gasteiger partial charge in [0, 0.05) is 18.2 Å². The molecule has 0 aliphatic heterocycles. The standard InChI is InChI=1S/C14H20N2O3S/c1-12(16(2)3)11-15-20(18,19)14-9-5-4-7-13(14)8-6-10-17/h4-5,7,9,12,15,17H,10-11H2,1-3H3. The summed E-state index contributed by atoms with van der Waals surface area (Å²) in [4.78, 5) is 2.06. The van der Waals surface area contributed by atoms with Gasteiger partial charge in [-0.05, 0) is 33.2 Å². The number of hydrogen-bond acceptors (Lipinski definition) is 4. The molecule has 0 saturated carbocycles. The van der Waals surface area contributed by atoms with Gasteiger partial charge in [-0.2, -0.15) is 0 Å². The van der Waals surface area contributed by atoms with Crippen molar-refractivity contribution in [1.29, 1.82) is 0 Å². The Morgan fingerprint density at radius 1 is 1.35 bits per heavy atom. The Hall–Kier alpha value is -1.39. The lowest BCUT2D eigenvalue weighted by atomic mass is 10.2. The summed E-state index contributed by atoms with van der Waals surface area (Å²) in [7, 11) is 0.166. The smallest absolute Gasteiger partial charge is 0.241 e. The van der Waals surface area contributed by atoms with Crippen molar-refractivity contribution in [1.82, 2.24) is 9.62 Å². The van der Waals surface area contributed by atoms with E-state index in [1.807, 2.05) is 25.9 Å². The second-order valence-corrected chi connectivity index (χ2v) is 6.36. The van der Waals surface area contributed by atoms with Gasteiger partial charge in [-0.1, -0.05) is 24.0 Å². The van der Waals surface area contributed by atoms with E-state index in [0.29, 0.717) is 12.1 Å². The number of aliphatic hydroxyl groups excluding tert-OH is 1.